The summed E-state index contributed by atoms with van der Waals surface area (Å²) in [7, 11) is -3.55. The second kappa shape index (κ2) is 5.80. The van der Waals surface area contributed by atoms with E-state index in [4.69, 9.17) is 5.11 Å². The molecule has 9 heteroatoms. The lowest BCUT2D eigenvalue weighted by atomic mass is 10.1. The van der Waals surface area contributed by atoms with Gasteiger partial charge in [-0.3, -0.25) is 9.59 Å². The maximum atomic E-state index is 12.4. The van der Waals surface area contributed by atoms with E-state index in [1.54, 1.807) is 17.2 Å². The first kappa shape index (κ1) is 15.7. The normalized spacial score (nSPS) is 28.6. The average molecular weight is 339 g/mol. The number of aliphatic carboxylic acids is 1. The standard InChI is InChI=1S/C14H17N3O5S/c18-13(15-10-4-3-9(8-10)14(19)20)11-2-1-5-17-6-7-23(21,22)16-12(11)17/h1-2,5,9-10H,3-4,6-8H2,(H,15,18)(H,19,20)/t9-,10+/m1/s1. The van der Waals surface area contributed by atoms with Crippen molar-refractivity contribution in [3.05, 3.63) is 23.9 Å². The van der Waals surface area contributed by atoms with Crippen molar-refractivity contribution in [3.63, 3.8) is 0 Å². The van der Waals surface area contributed by atoms with Crippen LogP contribution in [0.25, 0.3) is 0 Å². The molecule has 2 aliphatic heterocycles. The van der Waals surface area contributed by atoms with E-state index in [1.165, 1.54) is 6.08 Å². The number of nitrogens with zero attached hydrogens (tertiary/aromatic N) is 2. The monoisotopic (exact) mass is 339 g/mol. The van der Waals surface area contributed by atoms with Crippen LogP contribution in [0, 0.1) is 5.92 Å². The minimum absolute atomic E-state index is 0.0847. The molecule has 2 N–H and O–H groups in total. The van der Waals surface area contributed by atoms with Crippen LogP contribution in [0.5, 0.6) is 0 Å². The van der Waals surface area contributed by atoms with Crippen LogP contribution in [0.1, 0.15) is 19.3 Å². The number of amidine groups is 1. The fraction of sp³-hybridized carbons (Fsp3) is 0.500. The highest BCUT2D eigenvalue weighted by atomic mass is 32.2. The molecule has 23 heavy (non-hydrogen) atoms. The van der Waals surface area contributed by atoms with Gasteiger partial charge in [-0.15, -0.1) is 4.40 Å². The number of nitrogens with one attached hydrogen (secondary N) is 1. The summed E-state index contributed by atoms with van der Waals surface area (Å²) in [6, 6.07) is -0.218. The van der Waals surface area contributed by atoms with E-state index in [2.05, 4.69) is 9.71 Å². The van der Waals surface area contributed by atoms with E-state index in [0.29, 0.717) is 19.3 Å². The Labute approximate surface area is 133 Å². The minimum atomic E-state index is -3.55. The number of allylic oxidation sites excluding steroid dienone is 2. The first-order chi connectivity index (χ1) is 10.9. The molecule has 0 aromatic rings. The highest BCUT2D eigenvalue weighted by Crippen LogP contribution is 2.26. The molecule has 1 aliphatic carbocycles. The van der Waals surface area contributed by atoms with Crippen LogP contribution in [-0.4, -0.2) is 54.5 Å². The molecule has 1 amide bonds. The summed E-state index contributed by atoms with van der Waals surface area (Å²) >= 11 is 0. The molecule has 3 aliphatic rings. The Balaban J connectivity index is 1.74. The van der Waals surface area contributed by atoms with Crippen molar-refractivity contribution in [3.8, 4) is 0 Å². The SMILES string of the molecule is O=C(N[C@H]1CC[C@@H](C(=O)O)C1)C1=CC=CN2CCS(=O)(=O)N=C12. The number of rotatable bonds is 3. The molecule has 0 bridgehead atoms. The van der Waals surface area contributed by atoms with Gasteiger partial charge in [-0.2, -0.15) is 0 Å². The lowest BCUT2D eigenvalue weighted by Gasteiger charge is -2.29. The molecule has 1 fully saturated rings. The summed E-state index contributed by atoms with van der Waals surface area (Å²) in [4.78, 5) is 25.0. The summed E-state index contributed by atoms with van der Waals surface area (Å²) in [6.45, 7) is 0.257. The van der Waals surface area contributed by atoms with Crippen LogP contribution in [0.15, 0.2) is 28.3 Å². The summed E-state index contributed by atoms with van der Waals surface area (Å²) in [5.74, 6) is -1.67. The van der Waals surface area contributed by atoms with Gasteiger partial charge in [0.1, 0.15) is 0 Å². The number of sulfonamides is 1. The quantitative estimate of drug-likeness (QED) is 0.739. The third kappa shape index (κ3) is 3.29. The Bertz CT molecular complexity index is 738. The smallest absolute Gasteiger partial charge is 0.306 e. The van der Waals surface area contributed by atoms with E-state index in [1.807, 2.05) is 0 Å². The van der Waals surface area contributed by atoms with Crippen molar-refractivity contribution in [1.29, 1.82) is 0 Å². The Kier molecular flexibility index (Phi) is 3.97. The predicted molar refractivity (Wildman–Crippen MR) is 82.1 cm³/mol. The fourth-order valence-electron chi connectivity index (χ4n) is 2.99. The Morgan fingerprint density at radius 3 is 2.83 bits per heavy atom. The number of amides is 1. The fourth-order valence-corrected chi connectivity index (χ4v) is 3.98. The van der Waals surface area contributed by atoms with Gasteiger partial charge in [0.2, 0.25) is 0 Å². The van der Waals surface area contributed by atoms with Crippen LogP contribution in [-0.2, 0) is 19.6 Å². The highest BCUT2D eigenvalue weighted by Gasteiger charge is 2.34. The van der Waals surface area contributed by atoms with Crippen molar-refractivity contribution < 1.29 is 23.1 Å². The van der Waals surface area contributed by atoms with Crippen LogP contribution in [0.2, 0.25) is 0 Å². The molecule has 0 spiro atoms. The maximum absolute atomic E-state index is 12.4. The zero-order chi connectivity index (χ0) is 16.6. The second-order valence-electron chi connectivity index (χ2n) is 5.83. The number of fused-ring (bicyclic) bond motifs is 1. The summed E-state index contributed by atoms with van der Waals surface area (Å²) in [5.41, 5.74) is 0.189. The number of hydrogen-bond donors (Lipinski definition) is 2. The average Bonchev–Trinajstić information content (AvgIpc) is 2.94. The lowest BCUT2D eigenvalue weighted by molar-refractivity contribution is -0.141. The van der Waals surface area contributed by atoms with Crippen LogP contribution in [0.4, 0.5) is 0 Å². The molecular weight excluding hydrogens is 322 g/mol. The Morgan fingerprint density at radius 2 is 2.13 bits per heavy atom. The predicted octanol–water partition coefficient (Wildman–Crippen LogP) is -0.146. The second-order valence-corrected chi connectivity index (χ2v) is 7.59. The summed E-state index contributed by atoms with van der Waals surface area (Å²) in [6.07, 6.45) is 6.38. The minimum Gasteiger partial charge on any atom is -0.481 e. The lowest BCUT2D eigenvalue weighted by Crippen LogP contribution is -2.44. The molecule has 0 saturated heterocycles. The molecule has 0 aromatic heterocycles. The van der Waals surface area contributed by atoms with E-state index >= 15 is 0 Å². The van der Waals surface area contributed by atoms with Crippen molar-refractivity contribution >= 4 is 27.7 Å². The zero-order valence-electron chi connectivity index (χ0n) is 12.3. The van der Waals surface area contributed by atoms with Crippen LogP contribution in [0.3, 0.4) is 0 Å². The molecule has 0 radical (unpaired) electrons. The van der Waals surface area contributed by atoms with Gasteiger partial charge in [0.15, 0.2) is 5.84 Å². The van der Waals surface area contributed by atoms with E-state index in [9.17, 15) is 18.0 Å². The molecule has 1 saturated carbocycles. The maximum Gasteiger partial charge on any atom is 0.306 e. The van der Waals surface area contributed by atoms with Gasteiger partial charge in [-0.25, -0.2) is 8.42 Å². The number of carboxylic acid groups (broad SMARTS) is 1. The largest absolute Gasteiger partial charge is 0.481 e. The number of carbonyl (C=O) groups is 2. The topological polar surface area (TPSA) is 116 Å². The third-order valence-electron chi connectivity index (χ3n) is 4.22. The van der Waals surface area contributed by atoms with Gasteiger partial charge in [0.25, 0.3) is 15.9 Å². The Hall–Kier alpha value is -2.16. The number of hydrogen-bond acceptors (Lipinski definition) is 5. The van der Waals surface area contributed by atoms with Crippen LogP contribution < -0.4 is 5.32 Å². The molecule has 124 valence electrons. The van der Waals surface area contributed by atoms with Crippen LogP contribution >= 0.6 is 0 Å². The first-order valence-corrected chi connectivity index (χ1v) is 8.98. The van der Waals surface area contributed by atoms with Crippen molar-refractivity contribution in [2.75, 3.05) is 12.3 Å². The highest BCUT2D eigenvalue weighted by molar-refractivity contribution is 7.90. The molecule has 0 aromatic carbocycles. The molecule has 2 atom stereocenters. The summed E-state index contributed by atoms with van der Waals surface area (Å²) in [5, 5.41) is 11.8. The number of carboxylic acids is 1. The van der Waals surface area contributed by atoms with Gasteiger partial charge in [0.05, 0.1) is 17.2 Å². The summed E-state index contributed by atoms with van der Waals surface area (Å²) < 4.78 is 27.0. The molecule has 3 rings (SSSR count). The first-order valence-electron chi connectivity index (χ1n) is 7.37. The van der Waals surface area contributed by atoms with Gasteiger partial charge in [-0.1, -0.05) is 0 Å². The van der Waals surface area contributed by atoms with E-state index in [-0.39, 0.29) is 29.7 Å². The van der Waals surface area contributed by atoms with Gasteiger partial charge in [-0.05, 0) is 31.4 Å². The van der Waals surface area contributed by atoms with Gasteiger partial charge in [0, 0.05) is 18.8 Å². The molecule has 2 heterocycles. The van der Waals surface area contributed by atoms with E-state index in [0.717, 1.165) is 0 Å². The third-order valence-corrected chi connectivity index (χ3v) is 5.37. The Morgan fingerprint density at radius 1 is 1.35 bits per heavy atom. The molecule has 8 nitrogen and oxygen atoms in total. The van der Waals surface area contributed by atoms with Crippen molar-refractivity contribution in [1.82, 2.24) is 10.2 Å². The zero-order valence-corrected chi connectivity index (χ0v) is 13.1. The molecule has 0 unspecified atom stereocenters. The number of carbonyl (C=O) groups excluding carboxylic acids is 1. The van der Waals surface area contributed by atoms with Gasteiger partial charge >= 0.3 is 5.97 Å². The van der Waals surface area contributed by atoms with Crippen molar-refractivity contribution in [2.24, 2.45) is 10.3 Å². The molecular formula is C14H17N3O5S. The van der Waals surface area contributed by atoms with E-state index < -0.39 is 27.8 Å². The van der Waals surface area contributed by atoms with Gasteiger partial charge < -0.3 is 15.3 Å². The van der Waals surface area contributed by atoms with Crippen molar-refractivity contribution in [2.45, 2.75) is 25.3 Å².